The predicted octanol–water partition coefficient (Wildman–Crippen LogP) is 5.95. The molecule has 3 rings (SSSR count). The number of carbonyl (C=O) groups excluding carboxylic acids is 1. The summed E-state index contributed by atoms with van der Waals surface area (Å²) in [6.45, 7) is 4.31. The molecule has 10 heteroatoms. The first-order valence-electron chi connectivity index (χ1n) is 10.8. The van der Waals surface area contributed by atoms with Gasteiger partial charge in [-0.2, -0.15) is 8.42 Å². The molecule has 0 bridgehead atoms. The SMILES string of the molecule is COc1ccccc1NC(=O)N(Cc1cc(Cl)ccc1OS(=O)(=O)c1ccc(F)cc1)CC(C)C. The van der Waals surface area contributed by atoms with Gasteiger partial charge in [0, 0.05) is 17.1 Å². The van der Waals surface area contributed by atoms with Crippen molar-refractivity contribution in [2.45, 2.75) is 25.3 Å². The van der Waals surface area contributed by atoms with E-state index >= 15 is 0 Å². The number of ether oxygens (including phenoxy) is 1. The highest BCUT2D eigenvalue weighted by Gasteiger charge is 2.23. The van der Waals surface area contributed by atoms with E-state index in [-0.39, 0.29) is 23.1 Å². The van der Waals surface area contributed by atoms with Crippen LogP contribution in [0.3, 0.4) is 0 Å². The summed E-state index contributed by atoms with van der Waals surface area (Å²) < 4.78 is 49.5. The van der Waals surface area contributed by atoms with Crippen LogP contribution in [-0.4, -0.2) is 33.0 Å². The van der Waals surface area contributed by atoms with Crippen molar-refractivity contribution in [3.05, 3.63) is 83.1 Å². The lowest BCUT2D eigenvalue weighted by molar-refractivity contribution is 0.201. The molecule has 0 aromatic heterocycles. The molecule has 3 aromatic carbocycles. The third-order valence-electron chi connectivity index (χ3n) is 4.91. The quantitative estimate of drug-likeness (QED) is 0.353. The van der Waals surface area contributed by atoms with Crippen LogP contribution in [0.4, 0.5) is 14.9 Å². The van der Waals surface area contributed by atoms with Gasteiger partial charge in [-0.15, -0.1) is 0 Å². The summed E-state index contributed by atoms with van der Waals surface area (Å²) >= 11 is 6.18. The topological polar surface area (TPSA) is 84.9 Å². The van der Waals surface area contributed by atoms with Crippen molar-refractivity contribution in [1.29, 1.82) is 0 Å². The molecule has 0 unspecified atom stereocenters. The monoisotopic (exact) mass is 520 g/mol. The maximum Gasteiger partial charge on any atom is 0.339 e. The van der Waals surface area contributed by atoms with E-state index < -0.39 is 22.0 Å². The van der Waals surface area contributed by atoms with Crippen molar-refractivity contribution in [2.75, 3.05) is 19.0 Å². The Bertz CT molecular complexity index is 1280. The zero-order chi connectivity index (χ0) is 25.6. The van der Waals surface area contributed by atoms with Gasteiger partial charge in [0.25, 0.3) is 0 Å². The summed E-state index contributed by atoms with van der Waals surface area (Å²) in [5, 5.41) is 3.18. The molecule has 186 valence electrons. The molecule has 3 aromatic rings. The molecule has 0 radical (unpaired) electrons. The number of methoxy groups -OCH3 is 1. The largest absolute Gasteiger partial charge is 0.495 e. The number of benzene rings is 3. The lowest BCUT2D eigenvalue weighted by Gasteiger charge is -2.26. The minimum Gasteiger partial charge on any atom is -0.495 e. The number of amides is 2. The first-order valence-corrected chi connectivity index (χ1v) is 12.5. The van der Waals surface area contributed by atoms with Gasteiger partial charge in [-0.1, -0.05) is 37.6 Å². The Kier molecular flexibility index (Phi) is 8.58. The van der Waals surface area contributed by atoms with E-state index in [1.54, 1.807) is 30.3 Å². The maximum atomic E-state index is 13.2. The zero-order valence-corrected chi connectivity index (χ0v) is 21.1. The van der Waals surface area contributed by atoms with Crippen LogP contribution in [-0.2, 0) is 16.7 Å². The van der Waals surface area contributed by atoms with Gasteiger partial charge in [-0.3, -0.25) is 0 Å². The Morgan fingerprint density at radius 2 is 1.74 bits per heavy atom. The molecule has 0 aliphatic heterocycles. The van der Waals surface area contributed by atoms with E-state index in [1.165, 1.54) is 24.1 Å². The van der Waals surface area contributed by atoms with Crippen molar-refractivity contribution in [2.24, 2.45) is 5.92 Å². The summed E-state index contributed by atoms with van der Waals surface area (Å²) in [5.41, 5.74) is 0.884. The van der Waals surface area contributed by atoms with Crippen LogP contribution >= 0.6 is 11.6 Å². The zero-order valence-electron chi connectivity index (χ0n) is 19.5. The lowest BCUT2D eigenvalue weighted by atomic mass is 10.1. The highest BCUT2D eigenvalue weighted by Crippen LogP contribution is 2.29. The summed E-state index contributed by atoms with van der Waals surface area (Å²) in [6, 6.07) is 15.4. The highest BCUT2D eigenvalue weighted by atomic mass is 35.5. The summed E-state index contributed by atoms with van der Waals surface area (Å²) in [7, 11) is -2.74. The van der Waals surface area contributed by atoms with E-state index in [4.69, 9.17) is 20.5 Å². The van der Waals surface area contributed by atoms with E-state index in [0.717, 1.165) is 24.3 Å². The highest BCUT2D eigenvalue weighted by molar-refractivity contribution is 7.87. The second-order valence-corrected chi connectivity index (χ2v) is 10.1. The number of anilines is 1. The van der Waals surface area contributed by atoms with Crippen LogP contribution < -0.4 is 14.2 Å². The molecular weight excluding hydrogens is 495 g/mol. The molecule has 0 aliphatic rings. The standard InChI is InChI=1S/C25H26ClFN2O5S/c1-17(2)15-29(25(30)28-22-6-4-5-7-24(22)33-3)16-18-14-19(26)8-13-23(18)34-35(31,32)21-11-9-20(27)10-12-21/h4-14,17H,15-16H2,1-3H3,(H,28,30). The van der Waals surface area contributed by atoms with Crippen LogP contribution in [0, 0.1) is 11.7 Å². The second kappa shape index (κ2) is 11.4. The molecule has 2 amide bonds. The molecule has 1 N–H and O–H groups in total. The van der Waals surface area contributed by atoms with Crippen molar-refractivity contribution >= 4 is 33.4 Å². The number of hydrogen-bond donors (Lipinski definition) is 1. The lowest BCUT2D eigenvalue weighted by Crippen LogP contribution is -2.37. The summed E-state index contributed by atoms with van der Waals surface area (Å²) in [6.07, 6.45) is 0. The van der Waals surface area contributed by atoms with Crippen molar-refractivity contribution in [3.8, 4) is 11.5 Å². The second-order valence-electron chi connectivity index (χ2n) is 8.15. The normalized spacial score (nSPS) is 11.3. The van der Waals surface area contributed by atoms with E-state index in [1.807, 2.05) is 13.8 Å². The van der Waals surface area contributed by atoms with Crippen LogP contribution in [0.2, 0.25) is 5.02 Å². The van der Waals surface area contributed by atoms with Gasteiger partial charge >= 0.3 is 16.1 Å². The van der Waals surface area contributed by atoms with Crippen LogP contribution in [0.25, 0.3) is 0 Å². The van der Waals surface area contributed by atoms with E-state index in [2.05, 4.69) is 5.32 Å². The van der Waals surface area contributed by atoms with E-state index in [0.29, 0.717) is 28.6 Å². The first kappa shape index (κ1) is 26.3. The molecule has 0 spiro atoms. The molecule has 0 atom stereocenters. The van der Waals surface area contributed by atoms with Gasteiger partial charge in [-0.05, 0) is 60.5 Å². The predicted molar refractivity (Wildman–Crippen MR) is 133 cm³/mol. The Morgan fingerprint density at radius 1 is 1.06 bits per heavy atom. The van der Waals surface area contributed by atoms with Gasteiger partial charge in [0.2, 0.25) is 0 Å². The molecular formula is C25H26ClFN2O5S. The Balaban J connectivity index is 1.89. The number of carbonyl (C=O) groups is 1. The fraction of sp³-hybridized carbons (Fsp3) is 0.240. The minimum absolute atomic E-state index is 0.0116. The number of nitrogens with one attached hydrogen (secondary N) is 1. The fourth-order valence-electron chi connectivity index (χ4n) is 3.33. The summed E-state index contributed by atoms with van der Waals surface area (Å²) in [4.78, 5) is 14.5. The van der Waals surface area contributed by atoms with Gasteiger partial charge in [0.15, 0.2) is 0 Å². The maximum absolute atomic E-state index is 13.2. The molecule has 0 heterocycles. The smallest absolute Gasteiger partial charge is 0.339 e. The number of halogens is 2. The van der Waals surface area contributed by atoms with Gasteiger partial charge < -0.3 is 19.1 Å². The molecule has 7 nitrogen and oxygen atoms in total. The number of urea groups is 1. The molecule has 0 saturated carbocycles. The number of rotatable bonds is 9. The fourth-order valence-corrected chi connectivity index (χ4v) is 4.49. The van der Waals surface area contributed by atoms with Crippen LogP contribution in [0.15, 0.2) is 71.6 Å². The van der Waals surface area contributed by atoms with Gasteiger partial charge in [0.1, 0.15) is 22.2 Å². The molecule has 0 saturated heterocycles. The molecule has 0 aliphatic carbocycles. The van der Waals surface area contributed by atoms with Crippen LogP contribution in [0.1, 0.15) is 19.4 Å². The number of para-hydroxylation sites is 2. The third-order valence-corrected chi connectivity index (χ3v) is 6.39. The Labute approximate surface area is 209 Å². The minimum atomic E-state index is -4.25. The number of hydrogen-bond acceptors (Lipinski definition) is 5. The van der Waals surface area contributed by atoms with Crippen LogP contribution in [0.5, 0.6) is 11.5 Å². The summed E-state index contributed by atoms with van der Waals surface area (Å²) in [5.74, 6) is 0.0616. The Morgan fingerprint density at radius 3 is 2.40 bits per heavy atom. The van der Waals surface area contributed by atoms with Crippen molar-refractivity contribution in [1.82, 2.24) is 4.90 Å². The van der Waals surface area contributed by atoms with Crippen molar-refractivity contribution in [3.63, 3.8) is 0 Å². The van der Waals surface area contributed by atoms with Gasteiger partial charge in [-0.25, -0.2) is 9.18 Å². The molecule has 0 fully saturated rings. The average molecular weight is 521 g/mol. The first-order chi connectivity index (χ1) is 16.6. The van der Waals surface area contributed by atoms with Gasteiger partial charge in [0.05, 0.1) is 19.3 Å². The number of nitrogens with zero attached hydrogens (tertiary/aromatic N) is 1. The molecule has 35 heavy (non-hydrogen) atoms. The third kappa shape index (κ3) is 7.10. The van der Waals surface area contributed by atoms with Crippen molar-refractivity contribution < 1.29 is 26.5 Å². The van der Waals surface area contributed by atoms with E-state index in [9.17, 15) is 17.6 Å². The Hall–Kier alpha value is -3.30. The average Bonchev–Trinajstić information content (AvgIpc) is 2.80.